The number of rotatable bonds is 5. The molecule has 1 saturated heterocycles. The molecule has 3 rings (SSSR count). The summed E-state index contributed by atoms with van der Waals surface area (Å²) in [5, 5.41) is 5.84. The van der Waals surface area contributed by atoms with E-state index in [9.17, 15) is 9.18 Å². The molecule has 1 aliphatic rings. The van der Waals surface area contributed by atoms with E-state index in [0.29, 0.717) is 12.3 Å². The van der Waals surface area contributed by atoms with Crippen LogP contribution in [0.2, 0.25) is 0 Å². The molecule has 0 saturated carbocycles. The minimum Gasteiger partial charge on any atom is -0.342 e. The monoisotopic (exact) mass is 419 g/mol. The summed E-state index contributed by atoms with van der Waals surface area (Å²) in [5.74, 6) is 0.391. The van der Waals surface area contributed by atoms with Gasteiger partial charge in [0.2, 0.25) is 5.91 Å². The molecule has 1 atom stereocenters. The van der Waals surface area contributed by atoms with Gasteiger partial charge in [-0.1, -0.05) is 12.1 Å². The number of benzene rings is 1. The highest BCUT2D eigenvalue weighted by atomic mass is 35.5. The maximum absolute atomic E-state index is 13.3. The molecule has 0 aliphatic carbocycles. The van der Waals surface area contributed by atoms with Gasteiger partial charge in [0.25, 0.3) is 0 Å². The van der Waals surface area contributed by atoms with Crippen molar-refractivity contribution in [2.45, 2.75) is 19.3 Å². The van der Waals surface area contributed by atoms with Crippen molar-refractivity contribution in [3.8, 4) is 10.6 Å². The van der Waals surface area contributed by atoms with Crippen molar-refractivity contribution < 1.29 is 9.18 Å². The van der Waals surface area contributed by atoms with E-state index in [0.717, 1.165) is 42.3 Å². The highest BCUT2D eigenvalue weighted by Gasteiger charge is 2.23. The van der Waals surface area contributed by atoms with Crippen molar-refractivity contribution in [1.29, 1.82) is 0 Å². The number of hydrogen-bond donors (Lipinski definition) is 1. The SMILES string of the molecule is CNCC1CCCN(C(=O)Cc2csc(-c3cccc(F)c3)n2)C1.Cl.Cl. The molecule has 26 heavy (non-hydrogen) atoms. The van der Waals surface area contributed by atoms with Crippen LogP contribution >= 0.6 is 36.2 Å². The van der Waals surface area contributed by atoms with Crippen molar-refractivity contribution in [3.05, 3.63) is 41.2 Å². The number of halogens is 3. The van der Waals surface area contributed by atoms with Gasteiger partial charge in [-0.05, 0) is 44.5 Å². The standard InChI is InChI=1S/C18H22FN3OS.2ClH/c1-20-10-13-4-3-7-22(11-13)17(23)9-16-12-24-18(21-16)14-5-2-6-15(19)8-14;;/h2,5-6,8,12-13,20H,3-4,7,9-11H2,1H3;2*1H. The lowest BCUT2D eigenvalue weighted by molar-refractivity contribution is -0.132. The Bertz CT molecular complexity index is 711. The topological polar surface area (TPSA) is 45.2 Å². The first-order valence-electron chi connectivity index (χ1n) is 8.28. The molecule has 1 fully saturated rings. The van der Waals surface area contributed by atoms with Gasteiger partial charge in [-0.25, -0.2) is 9.37 Å². The second-order valence-corrected chi connectivity index (χ2v) is 7.09. The minimum atomic E-state index is -0.274. The fourth-order valence-corrected chi connectivity index (χ4v) is 3.97. The smallest absolute Gasteiger partial charge is 0.228 e. The van der Waals surface area contributed by atoms with Crippen LogP contribution in [0.1, 0.15) is 18.5 Å². The van der Waals surface area contributed by atoms with Gasteiger partial charge in [0.1, 0.15) is 10.8 Å². The summed E-state index contributed by atoms with van der Waals surface area (Å²) in [6.07, 6.45) is 2.55. The number of carbonyl (C=O) groups is 1. The van der Waals surface area contributed by atoms with Gasteiger partial charge < -0.3 is 10.2 Å². The van der Waals surface area contributed by atoms with E-state index >= 15 is 0 Å². The molecule has 4 nitrogen and oxygen atoms in total. The van der Waals surface area contributed by atoms with Crippen LogP contribution in [-0.4, -0.2) is 42.5 Å². The number of carbonyl (C=O) groups excluding carboxylic acids is 1. The van der Waals surface area contributed by atoms with Gasteiger partial charge >= 0.3 is 0 Å². The highest BCUT2D eigenvalue weighted by molar-refractivity contribution is 7.13. The third kappa shape index (κ3) is 5.91. The van der Waals surface area contributed by atoms with E-state index in [1.807, 2.05) is 23.4 Å². The first-order chi connectivity index (χ1) is 11.7. The number of nitrogens with one attached hydrogen (secondary N) is 1. The zero-order valence-electron chi connectivity index (χ0n) is 14.6. The lowest BCUT2D eigenvalue weighted by Crippen LogP contribution is -2.43. The van der Waals surface area contributed by atoms with Crippen LogP contribution in [0.3, 0.4) is 0 Å². The minimum absolute atomic E-state index is 0. The molecule has 2 aromatic rings. The van der Waals surface area contributed by atoms with E-state index in [1.165, 1.54) is 29.9 Å². The first kappa shape index (κ1) is 22.8. The molecule has 2 heterocycles. The van der Waals surface area contributed by atoms with Crippen molar-refractivity contribution in [2.24, 2.45) is 5.92 Å². The Hall–Kier alpha value is -1.21. The average Bonchev–Trinajstić information content (AvgIpc) is 3.04. The lowest BCUT2D eigenvalue weighted by atomic mass is 9.97. The molecule has 8 heteroatoms. The van der Waals surface area contributed by atoms with E-state index in [-0.39, 0.29) is 36.5 Å². The maximum Gasteiger partial charge on any atom is 0.228 e. The predicted molar refractivity (Wildman–Crippen MR) is 109 cm³/mol. The van der Waals surface area contributed by atoms with Gasteiger partial charge in [-0.3, -0.25) is 4.79 Å². The van der Waals surface area contributed by atoms with Gasteiger partial charge in [0.05, 0.1) is 12.1 Å². The molecular formula is C18H24Cl2FN3OS. The van der Waals surface area contributed by atoms with Crippen LogP contribution in [0.5, 0.6) is 0 Å². The summed E-state index contributed by atoms with van der Waals surface area (Å²) in [7, 11) is 1.95. The Kier molecular flexibility index (Phi) is 9.50. The Morgan fingerprint density at radius 2 is 2.23 bits per heavy atom. The fraction of sp³-hybridized carbons (Fsp3) is 0.444. The average molecular weight is 420 g/mol. The van der Waals surface area contributed by atoms with Gasteiger partial charge in [-0.15, -0.1) is 36.2 Å². The van der Waals surface area contributed by atoms with Crippen LogP contribution < -0.4 is 5.32 Å². The zero-order valence-corrected chi connectivity index (χ0v) is 17.1. The van der Waals surface area contributed by atoms with E-state index in [1.54, 1.807) is 6.07 Å². The van der Waals surface area contributed by atoms with Gasteiger partial charge in [0.15, 0.2) is 0 Å². The van der Waals surface area contributed by atoms with Gasteiger partial charge in [-0.2, -0.15) is 0 Å². The Morgan fingerprint density at radius 3 is 2.96 bits per heavy atom. The number of piperidine rings is 1. The molecule has 0 bridgehead atoms. The van der Waals surface area contributed by atoms with E-state index < -0.39 is 0 Å². The summed E-state index contributed by atoms with van der Waals surface area (Å²) in [4.78, 5) is 19.0. The molecule has 1 amide bonds. The summed E-state index contributed by atoms with van der Waals surface area (Å²) < 4.78 is 13.3. The van der Waals surface area contributed by atoms with Crippen LogP contribution in [0.4, 0.5) is 4.39 Å². The Labute approximate surface area is 170 Å². The number of aromatic nitrogens is 1. The predicted octanol–water partition coefficient (Wildman–Crippen LogP) is 3.79. The zero-order chi connectivity index (χ0) is 16.9. The largest absolute Gasteiger partial charge is 0.342 e. The van der Waals surface area contributed by atoms with Gasteiger partial charge in [0, 0.05) is 24.0 Å². The third-order valence-corrected chi connectivity index (χ3v) is 5.26. The van der Waals surface area contributed by atoms with Crippen molar-refractivity contribution >= 4 is 42.1 Å². The quantitative estimate of drug-likeness (QED) is 0.801. The van der Waals surface area contributed by atoms with E-state index in [2.05, 4.69) is 10.3 Å². The van der Waals surface area contributed by atoms with Crippen molar-refractivity contribution in [2.75, 3.05) is 26.7 Å². The number of hydrogen-bond acceptors (Lipinski definition) is 4. The molecule has 1 unspecified atom stereocenters. The van der Waals surface area contributed by atoms with Crippen LogP contribution in [-0.2, 0) is 11.2 Å². The number of thiazole rings is 1. The summed E-state index contributed by atoms with van der Waals surface area (Å²) in [5.41, 5.74) is 1.52. The molecule has 0 spiro atoms. The number of amides is 1. The number of nitrogens with zero attached hydrogens (tertiary/aromatic N) is 2. The normalized spacial score (nSPS) is 16.5. The first-order valence-corrected chi connectivity index (χ1v) is 9.16. The lowest BCUT2D eigenvalue weighted by Gasteiger charge is -2.32. The summed E-state index contributed by atoms with van der Waals surface area (Å²) in [6, 6.07) is 6.39. The highest BCUT2D eigenvalue weighted by Crippen LogP contribution is 2.25. The molecule has 1 N–H and O–H groups in total. The molecular weight excluding hydrogens is 396 g/mol. The van der Waals surface area contributed by atoms with Crippen molar-refractivity contribution in [3.63, 3.8) is 0 Å². The molecule has 144 valence electrons. The second-order valence-electron chi connectivity index (χ2n) is 6.24. The van der Waals surface area contributed by atoms with Crippen LogP contribution in [0, 0.1) is 11.7 Å². The van der Waals surface area contributed by atoms with Crippen LogP contribution in [0.25, 0.3) is 10.6 Å². The molecule has 0 radical (unpaired) electrons. The maximum atomic E-state index is 13.3. The molecule has 1 aromatic heterocycles. The fourth-order valence-electron chi connectivity index (χ4n) is 3.16. The summed E-state index contributed by atoms with van der Waals surface area (Å²) in [6.45, 7) is 2.60. The molecule has 1 aliphatic heterocycles. The second kappa shape index (κ2) is 10.8. The molecule has 1 aromatic carbocycles. The van der Waals surface area contributed by atoms with E-state index in [4.69, 9.17) is 0 Å². The number of likely N-dealkylation sites (tertiary alicyclic amines) is 1. The Balaban J connectivity index is 0.00000169. The van der Waals surface area contributed by atoms with Crippen LogP contribution in [0.15, 0.2) is 29.6 Å². The summed E-state index contributed by atoms with van der Waals surface area (Å²) >= 11 is 1.45. The third-order valence-electron chi connectivity index (χ3n) is 4.32. The Morgan fingerprint density at radius 1 is 1.42 bits per heavy atom. The van der Waals surface area contributed by atoms with Crippen molar-refractivity contribution in [1.82, 2.24) is 15.2 Å².